The average Bonchev–Trinajstić information content (AvgIpc) is 2.24. The maximum atomic E-state index is 12.9. The standard InChI is InChI=1S/C12H21F3N2O2/c1-11(2,3)19-10(18)17-5-4-8(6-16)9(7-17)12(13,14)15/h8-9H,4-7,16H2,1-3H3/t8-,9-/m0/s1. The minimum Gasteiger partial charge on any atom is -0.444 e. The van der Waals surface area contributed by atoms with E-state index in [-0.39, 0.29) is 26.1 Å². The van der Waals surface area contributed by atoms with Gasteiger partial charge in [0.05, 0.1) is 5.92 Å². The molecule has 0 unspecified atom stereocenters. The fourth-order valence-electron chi connectivity index (χ4n) is 2.15. The first-order valence-corrected chi connectivity index (χ1v) is 6.29. The van der Waals surface area contributed by atoms with Crippen LogP contribution in [0.25, 0.3) is 0 Å². The Kier molecular flexibility index (Phi) is 4.71. The molecule has 1 aliphatic heterocycles. The number of alkyl halides is 3. The number of hydrogen-bond acceptors (Lipinski definition) is 3. The summed E-state index contributed by atoms with van der Waals surface area (Å²) in [6, 6.07) is 0. The zero-order valence-electron chi connectivity index (χ0n) is 11.5. The summed E-state index contributed by atoms with van der Waals surface area (Å²) in [4.78, 5) is 12.9. The highest BCUT2D eigenvalue weighted by Gasteiger charge is 2.48. The van der Waals surface area contributed by atoms with Crippen molar-refractivity contribution in [3.8, 4) is 0 Å². The van der Waals surface area contributed by atoms with Crippen LogP contribution < -0.4 is 5.73 Å². The highest BCUT2D eigenvalue weighted by molar-refractivity contribution is 5.68. The SMILES string of the molecule is CC(C)(C)OC(=O)N1CC[C@@H](CN)[C@@H](C(F)(F)F)C1. The van der Waals surface area contributed by atoms with E-state index in [0.717, 1.165) is 4.90 Å². The third-order valence-electron chi connectivity index (χ3n) is 3.13. The average molecular weight is 282 g/mol. The second-order valence-corrected chi connectivity index (χ2v) is 5.86. The molecule has 0 aromatic rings. The molecule has 112 valence electrons. The van der Waals surface area contributed by atoms with Gasteiger partial charge < -0.3 is 15.4 Å². The van der Waals surface area contributed by atoms with Crippen molar-refractivity contribution in [1.29, 1.82) is 0 Å². The number of halogens is 3. The normalized spacial score (nSPS) is 25.3. The number of piperidine rings is 1. The maximum absolute atomic E-state index is 12.9. The van der Waals surface area contributed by atoms with Gasteiger partial charge in [0.2, 0.25) is 0 Å². The Labute approximate surface area is 111 Å². The quantitative estimate of drug-likeness (QED) is 0.803. The molecule has 2 N–H and O–H groups in total. The summed E-state index contributed by atoms with van der Waals surface area (Å²) in [7, 11) is 0. The fraction of sp³-hybridized carbons (Fsp3) is 0.917. The molecule has 1 fully saturated rings. The van der Waals surface area contributed by atoms with Gasteiger partial charge in [-0.2, -0.15) is 13.2 Å². The molecule has 1 saturated heterocycles. The van der Waals surface area contributed by atoms with E-state index >= 15 is 0 Å². The van der Waals surface area contributed by atoms with Crippen molar-refractivity contribution in [2.45, 2.75) is 39.0 Å². The second-order valence-electron chi connectivity index (χ2n) is 5.86. The Morgan fingerprint density at radius 1 is 1.37 bits per heavy atom. The summed E-state index contributed by atoms with van der Waals surface area (Å²) >= 11 is 0. The number of carbonyl (C=O) groups excluding carboxylic acids is 1. The number of nitrogens with zero attached hydrogens (tertiary/aromatic N) is 1. The van der Waals surface area contributed by atoms with Gasteiger partial charge in [0.15, 0.2) is 0 Å². The summed E-state index contributed by atoms with van der Waals surface area (Å²) in [6.07, 6.45) is -4.79. The lowest BCUT2D eigenvalue weighted by molar-refractivity contribution is -0.199. The van der Waals surface area contributed by atoms with E-state index in [4.69, 9.17) is 10.5 Å². The van der Waals surface area contributed by atoms with E-state index < -0.39 is 29.7 Å². The number of carbonyl (C=O) groups is 1. The van der Waals surface area contributed by atoms with Crippen molar-refractivity contribution in [2.75, 3.05) is 19.6 Å². The largest absolute Gasteiger partial charge is 0.444 e. The minimum atomic E-state index is -4.34. The Morgan fingerprint density at radius 3 is 2.37 bits per heavy atom. The zero-order chi connectivity index (χ0) is 14.8. The molecule has 0 aromatic carbocycles. The molecule has 0 aliphatic carbocycles. The van der Waals surface area contributed by atoms with Crippen LogP contribution in [0.4, 0.5) is 18.0 Å². The molecule has 1 rings (SSSR count). The Balaban J connectivity index is 2.72. The predicted octanol–water partition coefficient (Wildman–Crippen LogP) is 2.38. The van der Waals surface area contributed by atoms with Crippen LogP contribution in [-0.4, -0.2) is 42.4 Å². The van der Waals surface area contributed by atoms with Gasteiger partial charge in [-0.05, 0) is 39.7 Å². The summed E-state index contributed by atoms with van der Waals surface area (Å²) in [6.45, 7) is 4.90. The van der Waals surface area contributed by atoms with E-state index in [1.54, 1.807) is 20.8 Å². The summed E-state index contributed by atoms with van der Waals surface area (Å²) in [5.74, 6) is -2.20. The number of rotatable bonds is 1. The van der Waals surface area contributed by atoms with Gasteiger partial charge in [0.25, 0.3) is 0 Å². The van der Waals surface area contributed by atoms with Crippen LogP contribution in [0.15, 0.2) is 0 Å². The van der Waals surface area contributed by atoms with Crippen molar-refractivity contribution in [3.63, 3.8) is 0 Å². The maximum Gasteiger partial charge on any atom is 0.410 e. The van der Waals surface area contributed by atoms with Gasteiger partial charge in [-0.3, -0.25) is 0 Å². The number of amides is 1. The lowest BCUT2D eigenvalue weighted by Crippen LogP contribution is -2.51. The number of hydrogen-bond donors (Lipinski definition) is 1. The molecule has 1 heterocycles. The molecule has 19 heavy (non-hydrogen) atoms. The van der Waals surface area contributed by atoms with Crippen molar-refractivity contribution in [2.24, 2.45) is 17.6 Å². The van der Waals surface area contributed by atoms with Gasteiger partial charge in [-0.15, -0.1) is 0 Å². The van der Waals surface area contributed by atoms with Crippen LogP contribution in [-0.2, 0) is 4.74 Å². The molecule has 0 saturated carbocycles. The minimum absolute atomic E-state index is 0.0215. The molecule has 0 radical (unpaired) electrons. The Morgan fingerprint density at radius 2 is 1.95 bits per heavy atom. The van der Waals surface area contributed by atoms with Crippen LogP contribution in [0.5, 0.6) is 0 Å². The van der Waals surface area contributed by atoms with Crippen LogP contribution in [0.3, 0.4) is 0 Å². The van der Waals surface area contributed by atoms with Gasteiger partial charge in [0.1, 0.15) is 5.60 Å². The van der Waals surface area contributed by atoms with Crippen LogP contribution in [0, 0.1) is 11.8 Å². The first-order valence-electron chi connectivity index (χ1n) is 6.29. The van der Waals surface area contributed by atoms with E-state index in [9.17, 15) is 18.0 Å². The van der Waals surface area contributed by atoms with Crippen molar-refractivity contribution in [1.82, 2.24) is 4.90 Å². The third kappa shape index (κ3) is 4.56. The Bertz CT molecular complexity index is 326. The van der Waals surface area contributed by atoms with E-state index in [0.29, 0.717) is 0 Å². The molecule has 2 atom stereocenters. The smallest absolute Gasteiger partial charge is 0.410 e. The van der Waals surface area contributed by atoms with Gasteiger partial charge in [0, 0.05) is 13.1 Å². The molecule has 0 aromatic heterocycles. The number of ether oxygens (including phenoxy) is 1. The molecule has 4 nitrogen and oxygen atoms in total. The van der Waals surface area contributed by atoms with Gasteiger partial charge in [-0.25, -0.2) is 4.79 Å². The molecule has 0 spiro atoms. The third-order valence-corrected chi connectivity index (χ3v) is 3.13. The van der Waals surface area contributed by atoms with Gasteiger partial charge >= 0.3 is 12.3 Å². The predicted molar refractivity (Wildman–Crippen MR) is 64.5 cm³/mol. The van der Waals surface area contributed by atoms with Gasteiger partial charge in [-0.1, -0.05) is 0 Å². The topological polar surface area (TPSA) is 55.6 Å². The van der Waals surface area contributed by atoms with Crippen LogP contribution >= 0.6 is 0 Å². The highest BCUT2D eigenvalue weighted by atomic mass is 19.4. The fourth-order valence-corrected chi connectivity index (χ4v) is 2.15. The van der Waals surface area contributed by atoms with Crippen LogP contribution in [0.1, 0.15) is 27.2 Å². The molecule has 1 aliphatic rings. The van der Waals surface area contributed by atoms with Crippen molar-refractivity contribution in [3.05, 3.63) is 0 Å². The van der Waals surface area contributed by atoms with Crippen LogP contribution in [0.2, 0.25) is 0 Å². The van der Waals surface area contributed by atoms with Crippen molar-refractivity contribution >= 4 is 6.09 Å². The number of likely N-dealkylation sites (tertiary alicyclic amines) is 1. The van der Waals surface area contributed by atoms with E-state index in [2.05, 4.69) is 0 Å². The van der Waals surface area contributed by atoms with E-state index in [1.165, 1.54) is 0 Å². The van der Waals surface area contributed by atoms with E-state index in [1.807, 2.05) is 0 Å². The highest BCUT2D eigenvalue weighted by Crippen LogP contribution is 2.37. The molecule has 0 bridgehead atoms. The summed E-state index contributed by atoms with van der Waals surface area (Å²) < 4.78 is 43.9. The second kappa shape index (κ2) is 5.56. The van der Waals surface area contributed by atoms with Crippen molar-refractivity contribution < 1.29 is 22.7 Å². The first-order chi connectivity index (χ1) is 8.54. The lowest BCUT2D eigenvalue weighted by atomic mass is 9.85. The Hall–Kier alpha value is -0.980. The molecular formula is C12H21F3N2O2. The first kappa shape index (κ1) is 16.1. The lowest BCUT2D eigenvalue weighted by Gasteiger charge is -2.39. The monoisotopic (exact) mass is 282 g/mol. The molecular weight excluding hydrogens is 261 g/mol. The zero-order valence-corrected chi connectivity index (χ0v) is 11.5. The summed E-state index contributed by atoms with van der Waals surface area (Å²) in [5.41, 5.74) is 4.67. The molecule has 1 amide bonds. The number of nitrogens with two attached hydrogens (primary N) is 1. The summed E-state index contributed by atoms with van der Waals surface area (Å²) in [5, 5.41) is 0. The molecule has 7 heteroatoms.